The van der Waals surface area contributed by atoms with Crippen LogP contribution in [-0.2, 0) is 17.5 Å². The fraction of sp³-hybridized carbons (Fsp3) is 0.667. The SMILES string of the molecule is Cl.Cl.O=C(CC1CC2CCC(C1)N2)NC1CCN(Cc2ccc(C(F)(F)F)cc2)C1. The van der Waals surface area contributed by atoms with E-state index in [2.05, 4.69) is 15.5 Å². The summed E-state index contributed by atoms with van der Waals surface area (Å²) in [5, 5.41) is 6.78. The Morgan fingerprint density at radius 1 is 1.07 bits per heavy atom. The van der Waals surface area contributed by atoms with Gasteiger partial charge in [-0.15, -0.1) is 24.8 Å². The molecular weight excluding hydrogens is 438 g/mol. The van der Waals surface area contributed by atoms with Gasteiger partial charge in [0.15, 0.2) is 0 Å². The molecule has 0 aliphatic carbocycles. The molecule has 3 atom stereocenters. The number of nitrogens with zero attached hydrogens (tertiary/aromatic N) is 1. The van der Waals surface area contributed by atoms with Gasteiger partial charge >= 0.3 is 6.18 Å². The number of rotatable bonds is 5. The van der Waals surface area contributed by atoms with E-state index < -0.39 is 11.7 Å². The van der Waals surface area contributed by atoms with Gasteiger partial charge in [-0.25, -0.2) is 0 Å². The Morgan fingerprint density at radius 3 is 2.30 bits per heavy atom. The van der Waals surface area contributed by atoms with E-state index in [1.54, 1.807) is 12.1 Å². The number of hydrogen-bond donors (Lipinski definition) is 2. The van der Waals surface area contributed by atoms with Crippen molar-refractivity contribution in [3.05, 3.63) is 35.4 Å². The Hall–Kier alpha value is -1.02. The van der Waals surface area contributed by atoms with Crippen LogP contribution < -0.4 is 10.6 Å². The smallest absolute Gasteiger partial charge is 0.352 e. The third kappa shape index (κ3) is 6.49. The highest BCUT2D eigenvalue weighted by Crippen LogP contribution is 2.33. The number of likely N-dealkylation sites (tertiary alicyclic amines) is 1. The molecule has 1 aromatic rings. The molecule has 0 aromatic heterocycles. The van der Waals surface area contributed by atoms with E-state index in [0.717, 1.165) is 50.0 Å². The van der Waals surface area contributed by atoms with Gasteiger partial charge < -0.3 is 10.6 Å². The van der Waals surface area contributed by atoms with E-state index in [9.17, 15) is 18.0 Å². The van der Waals surface area contributed by atoms with Gasteiger partial charge in [0.05, 0.1) is 5.56 Å². The Labute approximate surface area is 188 Å². The van der Waals surface area contributed by atoms with Crippen LogP contribution in [0.3, 0.4) is 0 Å². The van der Waals surface area contributed by atoms with Crippen LogP contribution in [0, 0.1) is 5.92 Å². The van der Waals surface area contributed by atoms with E-state index >= 15 is 0 Å². The van der Waals surface area contributed by atoms with Gasteiger partial charge in [0, 0.05) is 44.2 Å². The molecule has 2 bridgehead atoms. The maximum Gasteiger partial charge on any atom is 0.416 e. The molecule has 0 spiro atoms. The third-order valence-corrected chi connectivity index (χ3v) is 6.37. The molecule has 3 saturated heterocycles. The predicted octanol–water partition coefficient (Wildman–Crippen LogP) is 4.16. The van der Waals surface area contributed by atoms with Gasteiger partial charge in [-0.2, -0.15) is 13.2 Å². The van der Waals surface area contributed by atoms with Crippen molar-refractivity contribution >= 4 is 30.7 Å². The maximum atomic E-state index is 12.7. The van der Waals surface area contributed by atoms with Crippen LogP contribution in [0.4, 0.5) is 13.2 Å². The fourth-order valence-electron chi connectivity index (χ4n) is 5.04. The molecule has 3 aliphatic rings. The Balaban J connectivity index is 0.00000160. The summed E-state index contributed by atoms with van der Waals surface area (Å²) in [6.07, 6.45) is 1.90. The lowest BCUT2D eigenvalue weighted by Crippen LogP contribution is -2.42. The lowest BCUT2D eigenvalue weighted by atomic mass is 9.89. The minimum Gasteiger partial charge on any atom is -0.352 e. The van der Waals surface area contributed by atoms with Gasteiger partial charge in [0.2, 0.25) is 5.91 Å². The summed E-state index contributed by atoms with van der Waals surface area (Å²) in [5.74, 6) is 0.635. The van der Waals surface area contributed by atoms with E-state index in [1.807, 2.05) is 0 Å². The standard InChI is InChI=1S/C21H28F3N3O.2ClH/c22-21(23,24)16-3-1-14(2-4-16)12-27-8-7-19(13-27)26-20(28)11-15-9-17-5-6-18(10-15)25-17;;/h1-4,15,17-19,25H,5-13H2,(H,26,28);2*1H. The number of hydrogen-bond acceptors (Lipinski definition) is 3. The third-order valence-electron chi connectivity index (χ3n) is 6.37. The normalized spacial score (nSPS) is 28.5. The second-order valence-electron chi connectivity index (χ2n) is 8.66. The van der Waals surface area contributed by atoms with Crippen LogP contribution in [-0.4, -0.2) is 42.0 Å². The van der Waals surface area contributed by atoms with Crippen LogP contribution in [0.15, 0.2) is 24.3 Å². The van der Waals surface area contributed by atoms with E-state index in [0.29, 0.717) is 31.0 Å². The van der Waals surface area contributed by atoms with Crippen molar-refractivity contribution in [3.63, 3.8) is 0 Å². The lowest BCUT2D eigenvalue weighted by Gasteiger charge is -2.29. The van der Waals surface area contributed by atoms with Gasteiger partial charge in [-0.1, -0.05) is 12.1 Å². The highest BCUT2D eigenvalue weighted by molar-refractivity contribution is 5.85. The first-order valence-electron chi connectivity index (χ1n) is 10.3. The minimum absolute atomic E-state index is 0. The quantitative estimate of drug-likeness (QED) is 0.683. The lowest BCUT2D eigenvalue weighted by molar-refractivity contribution is -0.137. The van der Waals surface area contributed by atoms with Crippen LogP contribution in [0.1, 0.15) is 49.7 Å². The van der Waals surface area contributed by atoms with Crippen LogP contribution in [0.25, 0.3) is 0 Å². The molecule has 2 N–H and O–H groups in total. The molecule has 30 heavy (non-hydrogen) atoms. The molecule has 4 nitrogen and oxygen atoms in total. The average molecular weight is 468 g/mol. The Kier molecular flexibility index (Phi) is 8.86. The molecule has 3 heterocycles. The molecule has 0 saturated carbocycles. The molecule has 3 unspecified atom stereocenters. The molecular formula is C21H30Cl2F3N3O. The Bertz CT molecular complexity index is 690. The largest absolute Gasteiger partial charge is 0.416 e. The summed E-state index contributed by atoms with van der Waals surface area (Å²) in [4.78, 5) is 14.6. The van der Waals surface area contributed by atoms with Crippen molar-refractivity contribution in [2.75, 3.05) is 13.1 Å². The van der Waals surface area contributed by atoms with Gasteiger partial charge in [-0.05, 0) is 55.7 Å². The van der Waals surface area contributed by atoms with Crippen molar-refractivity contribution in [2.45, 2.75) is 69.4 Å². The second kappa shape index (κ2) is 10.5. The summed E-state index contributed by atoms with van der Waals surface area (Å²) in [6, 6.07) is 6.69. The molecule has 4 rings (SSSR count). The first-order valence-corrected chi connectivity index (χ1v) is 10.3. The number of piperidine rings is 1. The number of amides is 1. The number of carbonyl (C=O) groups is 1. The van der Waals surface area contributed by atoms with E-state index in [4.69, 9.17) is 0 Å². The zero-order chi connectivity index (χ0) is 19.7. The van der Waals surface area contributed by atoms with Crippen molar-refractivity contribution < 1.29 is 18.0 Å². The van der Waals surface area contributed by atoms with Crippen molar-refractivity contribution in [3.8, 4) is 0 Å². The zero-order valence-corrected chi connectivity index (χ0v) is 18.4. The van der Waals surface area contributed by atoms with Gasteiger partial charge in [0.1, 0.15) is 0 Å². The average Bonchev–Trinajstić information content (AvgIpc) is 3.20. The maximum absolute atomic E-state index is 12.7. The molecule has 3 fully saturated rings. The summed E-state index contributed by atoms with van der Waals surface area (Å²) in [7, 11) is 0. The number of nitrogens with one attached hydrogen (secondary N) is 2. The van der Waals surface area contributed by atoms with Crippen LogP contribution in [0.5, 0.6) is 0 Å². The molecule has 9 heteroatoms. The fourth-order valence-corrected chi connectivity index (χ4v) is 5.04. The monoisotopic (exact) mass is 467 g/mol. The highest BCUT2D eigenvalue weighted by atomic mass is 35.5. The Morgan fingerprint density at radius 2 is 1.70 bits per heavy atom. The molecule has 1 amide bonds. The van der Waals surface area contributed by atoms with E-state index in [1.165, 1.54) is 12.8 Å². The summed E-state index contributed by atoms with van der Waals surface area (Å²) < 4.78 is 38.0. The van der Waals surface area contributed by atoms with Gasteiger partial charge in [0.25, 0.3) is 0 Å². The van der Waals surface area contributed by atoms with Crippen molar-refractivity contribution in [1.29, 1.82) is 0 Å². The summed E-state index contributed by atoms with van der Waals surface area (Å²) >= 11 is 0. The highest BCUT2D eigenvalue weighted by Gasteiger charge is 2.35. The van der Waals surface area contributed by atoms with Crippen LogP contribution in [0.2, 0.25) is 0 Å². The topological polar surface area (TPSA) is 44.4 Å². The molecule has 170 valence electrons. The number of benzene rings is 1. The first kappa shape index (κ1) is 25.2. The number of halogens is 5. The molecule has 0 radical (unpaired) electrons. The second-order valence-corrected chi connectivity index (χ2v) is 8.66. The van der Waals surface area contributed by atoms with Gasteiger partial charge in [-0.3, -0.25) is 9.69 Å². The minimum atomic E-state index is -4.30. The number of carbonyl (C=O) groups excluding carboxylic acids is 1. The summed E-state index contributed by atoms with van der Waals surface area (Å²) in [5.41, 5.74) is 0.249. The molecule has 1 aromatic carbocycles. The zero-order valence-electron chi connectivity index (χ0n) is 16.8. The van der Waals surface area contributed by atoms with Crippen LogP contribution >= 0.6 is 24.8 Å². The van der Waals surface area contributed by atoms with Crippen molar-refractivity contribution in [2.24, 2.45) is 5.92 Å². The van der Waals surface area contributed by atoms with Crippen molar-refractivity contribution in [1.82, 2.24) is 15.5 Å². The van der Waals surface area contributed by atoms with E-state index in [-0.39, 0.29) is 36.8 Å². The predicted molar refractivity (Wildman–Crippen MR) is 115 cm³/mol. The molecule has 3 aliphatic heterocycles. The summed E-state index contributed by atoms with van der Waals surface area (Å²) in [6.45, 7) is 2.22. The first-order chi connectivity index (χ1) is 13.3. The number of alkyl halides is 3. The number of fused-ring (bicyclic) bond motifs is 2.